The van der Waals surface area contributed by atoms with Gasteiger partial charge in [-0.25, -0.2) is 8.42 Å². The van der Waals surface area contributed by atoms with Gasteiger partial charge in [-0.05, 0) is 43.9 Å². The van der Waals surface area contributed by atoms with Crippen LogP contribution in [0.25, 0.3) is 11.4 Å². The first-order valence-corrected chi connectivity index (χ1v) is 10.8. The van der Waals surface area contributed by atoms with Crippen LogP contribution in [0.3, 0.4) is 0 Å². The molecule has 1 aliphatic carbocycles. The summed E-state index contributed by atoms with van der Waals surface area (Å²) in [5.74, 6) is 1.44. The van der Waals surface area contributed by atoms with E-state index in [9.17, 15) is 8.42 Å². The van der Waals surface area contributed by atoms with E-state index in [2.05, 4.69) is 14.9 Å². The fraction of sp³-hybridized carbons (Fsp3) is 0.333. The summed E-state index contributed by atoms with van der Waals surface area (Å²) >= 11 is 1.15. The largest absolute Gasteiger partial charge is 0.339 e. The van der Waals surface area contributed by atoms with Crippen LogP contribution in [0.4, 0.5) is 5.69 Å². The molecule has 2 aromatic heterocycles. The molecule has 0 atom stereocenters. The van der Waals surface area contributed by atoms with Crippen LogP contribution in [-0.2, 0) is 10.0 Å². The minimum atomic E-state index is -3.67. The number of aryl methyl sites for hydroxylation is 2. The predicted octanol–water partition coefficient (Wildman–Crippen LogP) is 4.48. The number of sulfonamides is 1. The van der Waals surface area contributed by atoms with E-state index in [1.54, 1.807) is 11.4 Å². The molecule has 0 unspecified atom stereocenters. The zero-order valence-electron chi connectivity index (χ0n) is 14.5. The van der Waals surface area contributed by atoms with E-state index in [1.807, 2.05) is 32.0 Å². The van der Waals surface area contributed by atoms with Gasteiger partial charge in [-0.1, -0.05) is 29.8 Å². The smallest absolute Gasteiger partial charge is 0.271 e. The standard InChI is InChI=1S/C18H19N3O3S2/c1-11-5-3-6-12(2)16(11)21-26(22,23)15-9-14(10-25-15)17-19-18(24-20-17)13-7-4-8-13/h3,5-6,9-10,13,21H,4,7-8H2,1-2H3. The number of rotatable bonds is 5. The Morgan fingerprint density at radius 1 is 1.23 bits per heavy atom. The quantitative estimate of drug-likeness (QED) is 0.695. The van der Waals surface area contributed by atoms with Crippen LogP contribution < -0.4 is 4.72 Å². The van der Waals surface area contributed by atoms with Crippen molar-refractivity contribution in [3.05, 3.63) is 46.7 Å². The van der Waals surface area contributed by atoms with Crippen molar-refractivity contribution in [2.75, 3.05) is 4.72 Å². The number of hydrogen-bond donors (Lipinski definition) is 1. The van der Waals surface area contributed by atoms with E-state index in [-0.39, 0.29) is 4.21 Å². The zero-order valence-corrected chi connectivity index (χ0v) is 16.2. The van der Waals surface area contributed by atoms with Crippen LogP contribution in [0.5, 0.6) is 0 Å². The molecular formula is C18H19N3O3S2. The fourth-order valence-corrected chi connectivity index (χ4v) is 5.27. The maximum atomic E-state index is 12.8. The maximum absolute atomic E-state index is 12.8. The van der Waals surface area contributed by atoms with Crippen LogP contribution in [0.2, 0.25) is 0 Å². The lowest BCUT2D eigenvalue weighted by Crippen LogP contribution is -2.13. The Balaban J connectivity index is 1.59. The molecule has 0 radical (unpaired) electrons. The van der Waals surface area contributed by atoms with Crippen molar-refractivity contribution in [3.63, 3.8) is 0 Å². The highest BCUT2D eigenvalue weighted by Gasteiger charge is 2.26. The minimum absolute atomic E-state index is 0.227. The number of aromatic nitrogens is 2. The molecule has 0 amide bonds. The first-order valence-electron chi connectivity index (χ1n) is 8.45. The Morgan fingerprint density at radius 2 is 1.96 bits per heavy atom. The Bertz CT molecular complexity index is 1030. The lowest BCUT2D eigenvalue weighted by atomic mass is 9.85. The molecule has 1 aromatic carbocycles. The van der Waals surface area contributed by atoms with Crippen molar-refractivity contribution in [2.45, 2.75) is 43.2 Å². The molecule has 0 bridgehead atoms. The molecule has 1 aliphatic rings. The molecular weight excluding hydrogens is 370 g/mol. The first kappa shape index (κ1) is 17.2. The average Bonchev–Trinajstić information content (AvgIpc) is 3.18. The van der Waals surface area contributed by atoms with E-state index in [1.165, 1.54) is 6.42 Å². The molecule has 2 heterocycles. The number of nitrogens with zero attached hydrogens (tertiary/aromatic N) is 2. The first-order chi connectivity index (χ1) is 12.4. The Labute approximate surface area is 156 Å². The van der Waals surface area contributed by atoms with Gasteiger partial charge in [-0.15, -0.1) is 11.3 Å². The van der Waals surface area contributed by atoms with Crippen molar-refractivity contribution in [2.24, 2.45) is 0 Å². The molecule has 0 spiro atoms. The summed E-state index contributed by atoms with van der Waals surface area (Å²) in [5.41, 5.74) is 3.04. The Kier molecular flexibility index (Phi) is 4.32. The molecule has 0 aliphatic heterocycles. The van der Waals surface area contributed by atoms with Crippen molar-refractivity contribution >= 4 is 27.0 Å². The van der Waals surface area contributed by atoms with Gasteiger partial charge in [-0.2, -0.15) is 4.98 Å². The van der Waals surface area contributed by atoms with Crippen LogP contribution in [-0.4, -0.2) is 18.6 Å². The molecule has 0 saturated heterocycles. The van der Waals surface area contributed by atoms with Gasteiger partial charge in [0.2, 0.25) is 11.7 Å². The summed E-state index contributed by atoms with van der Waals surface area (Å²) in [7, 11) is -3.67. The van der Waals surface area contributed by atoms with Gasteiger partial charge in [0.05, 0.1) is 5.69 Å². The predicted molar refractivity (Wildman–Crippen MR) is 101 cm³/mol. The zero-order chi connectivity index (χ0) is 18.3. The molecule has 1 N–H and O–H groups in total. The second kappa shape index (κ2) is 6.51. The van der Waals surface area contributed by atoms with Crippen molar-refractivity contribution < 1.29 is 12.9 Å². The van der Waals surface area contributed by atoms with Crippen molar-refractivity contribution in [3.8, 4) is 11.4 Å². The Morgan fingerprint density at radius 3 is 2.62 bits per heavy atom. The highest BCUT2D eigenvalue weighted by atomic mass is 32.2. The van der Waals surface area contributed by atoms with E-state index in [0.29, 0.717) is 28.9 Å². The maximum Gasteiger partial charge on any atom is 0.271 e. The SMILES string of the molecule is Cc1cccc(C)c1NS(=O)(=O)c1cc(-c2noc(C3CCC3)n2)cs1. The van der Waals surface area contributed by atoms with Crippen LogP contribution in [0.15, 0.2) is 38.4 Å². The number of hydrogen-bond acceptors (Lipinski definition) is 6. The van der Waals surface area contributed by atoms with Crippen LogP contribution >= 0.6 is 11.3 Å². The normalized spacial score (nSPS) is 15.0. The van der Waals surface area contributed by atoms with Gasteiger partial charge < -0.3 is 4.52 Å². The third-order valence-corrected chi connectivity index (χ3v) is 7.50. The summed E-state index contributed by atoms with van der Waals surface area (Å²) in [4.78, 5) is 4.42. The summed E-state index contributed by atoms with van der Waals surface area (Å²) in [6.45, 7) is 3.76. The third-order valence-electron chi connectivity index (χ3n) is 4.71. The number of thiophene rings is 1. The van der Waals surface area contributed by atoms with E-state index in [0.717, 1.165) is 35.3 Å². The fourth-order valence-electron chi connectivity index (χ4n) is 2.91. The van der Waals surface area contributed by atoms with Gasteiger partial charge in [0, 0.05) is 16.9 Å². The molecule has 136 valence electrons. The third kappa shape index (κ3) is 3.14. The van der Waals surface area contributed by atoms with Crippen molar-refractivity contribution in [1.29, 1.82) is 0 Å². The molecule has 3 aromatic rings. The minimum Gasteiger partial charge on any atom is -0.339 e. The monoisotopic (exact) mass is 389 g/mol. The van der Waals surface area contributed by atoms with Crippen LogP contribution in [0.1, 0.15) is 42.2 Å². The lowest BCUT2D eigenvalue weighted by Gasteiger charge is -2.20. The van der Waals surface area contributed by atoms with Crippen molar-refractivity contribution in [1.82, 2.24) is 10.1 Å². The van der Waals surface area contributed by atoms with E-state index < -0.39 is 10.0 Å². The second-order valence-corrected chi connectivity index (χ2v) is 9.43. The molecule has 8 heteroatoms. The average molecular weight is 390 g/mol. The van der Waals surface area contributed by atoms with Gasteiger partial charge in [0.25, 0.3) is 10.0 Å². The van der Waals surface area contributed by atoms with Gasteiger partial charge >= 0.3 is 0 Å². The molecule has 1 fully saturated rings. The highest BCUT2D eigenvalue weighted by Crippen LogP contribution is 2.36. The topological polar surface area (TPSA) is 85.1 Å². The van der Waals surface area contributed by atoms with Gasteiger partial charge in [-0.3, -0.25) is 4.72 Å². The number of nitrogens with one attached hydrogen (secondary N) is 1. The van der Waals surface area contributed by atoms with Gasteiger partial charge in [0.1, 0.15) is 4.21 Å². The Hall–Kier alpha value is -2.19. The number of para-hydroxylation sites is 1. The number of benzene rings is 1. The molecule has 6 nitrogen and oxygen atoms in total. The lowest BCUT2D eigenvalue weighted by molar-refractivity contribution is 0.292. The number of anilines is 1. The summed E-state index contributed by atoms with van der Waals surface area (Å²) in [5, 5.41) is 5.75. The second-order valence-electron chi connectivity index (χ2n) is 6.61. The van der Waals surface area contributed by atoms with Crippen LogP contribution in [0, 0.1) is 13.8 Å². The highest BCUT2D eigenvalue weighted by molar-refractivity contribution is 7.94. The van der Waals surface area contributed by atoms with Gasteiger partial charge in [0.15, 0.2) is 0 Å². The molecule has 1 saturated carbocycles. The molecule has 4 rings (SSSR count). The van der Waals surface area contributed by atoms with E-state index >= 15 is 0 Å². The summed E-state index contributed by atoms with van der Waals surface area (Å²) < 4.78 is 33.8. The summed E-state index contributed by atoms with van der Waals surface area (Å²) in [6, 6.07) is 7.26. The van der Waals surface area contributed by atoms with E-state index in [4.69, 9.17) is 4.52 Å². The summed E-state index contributed by atoms with van der Waals surface area (Å²) in [6.07, 6.45) is 3.34. The molecule has 26 heavy (non-hydrogen) atoms.